The van der Waals surface area contributed by atoms with Crippen LogP contribution in [0.25, 0.3) is 11.3 Å². The maximum absolute atomic E-state index is 10.7. The summed E-state index contributed by atoms with van der Waals surface area (Å²) < 4.78 is 1.92. The lowest BCUT2D eigenvalue weighted by molar-refractivity contribution is 0.112. The summed E-state index contributed by atoms with van der Waals surface area (Å²) in [4.78, 5) is 10.7. The average molecular weight is 330 g/mol. The first-order chi connectivity index (χ1) is 7.35. The molecular weight excluding hydrogens is 322 g/mol. The van der Waals surface area contributed by atoms with Gasteiger partial charge in [-0.3, -0.25) is 4.79 Å². The van der Waals surface area contributed by atoms with Crippen molar-refractivity contribution in [1.82, 2.24) is 9.55 Å². The van der Waals surface area contributed by atoms with Gasteiger partial charge in [0.2, 0.25) is 0 Å². The van der Waals surface area contributed by atoms with Gasteiger partial charge in [-0.2, -0.15) is 5.10 Å². The molecule has 15 heavy (non-hydrogen) atoms. The first kappa shape index (κ1) is 10.8. The smallest absolute Gasteiger partial charge is 0.150 e. The number of rotatable bonds is 3. The van der Waals surface area contributed by atoms with Gasteiger partial charge in [-0.1, -0.05) is 18.2 Å². The van der Waals surface area contributed by atoms with Crippen molar-refractivity contribution >= 4 is 34.7 Å². The van der Waals surface area contributed by atoms with Gasteiger partial charge in [0, 0.05) is 17.3 Å². The number of benzene rings is 1. The van der Waals surface area contributed by atoms with E-state index in [1.807, 2.05) is 28.7 Å². The lowest BCUT2D eigenvalue weighted by atomic mass is 10.1. The summed E-state index contributed by atoms with van der Waals surface area (Å²) in [5.74, 6) is 0. The highest BCUT2D eigenvalue weighted by Crippen LogP contribution is 2.30. The summed E-state index contributed by atoms with van der Waals surface area (Å²) in [6, 6.07) is 9.49. The Balaban J connectivity index is 2.48. The third-order valence-corrected chi connectivity index (χ3v) is 3.93. The van der Waals surface area contributed by atoms with Gasteiger partial charge in [-0.25, -0.2) is 4.45 Å². The molecular formula is C10H8IN2OP. The third kappa shape index (κ3) is 2.26. The molecule has 3 nitrogen and oxygen atoms in total. The fourth-order valence-corrected chi connectivity index (χ4v) is 2.92. The topological polar surface area (TPSA) is 34.9 Å². The van der Waals surface area contributed by atoms with E-state index in [4.69, 9.17) is 0 Å². The van der Waals surface area contributed by atoms with Crippen LogP contribution in [0.2, 0.25) is 0 Å². The van der Waals surface area contributed by atoms with Crippen LogP contribution in [0.15, 0.2) is 36.5 Å². The van der Waals surface area contributed by atoms with Gasteiger partial charge in [0.1, 0.15) is 6.29 Å². The summed E-state index contributed by atoms with van der Waals surface area (Å²) in [6.45, 7) is 0. The second kappa shape index (κ2) is 4.86. The molecule has 76 valence electrons. The Labute approximate surface area is 102 Å². The molecule has 0 fully saturated rings. The van der Waals surface area contributed by atoms with E-state index in [9.17, 15) is 4.79 Å². The maximum Gasteiger partial charge on any atom is 0.150 e. The van der Waals surface area contributed by atoms with E-state index in [-0.39, 0.29) is 0 Å². The Morgan fingerprint density at radius 3 is 3.00 bits per heavy atom. The number of carbonyl (C=O) groups is 1. The molecule has 0 aliphatic rings. The number of aromatic nitrogens is 2. The molecule has 2 aromatic rings. The minimum absolute atomic E-state index is 0.564. The summed E-state index contributed by atoms with van der Waals surface area (Å²) in [5.41, 5.74) is 2.77. The van der Waals surface area contributed by atoms with Crippen LogP contribution < -0.4 is 0 Å². The molecule has 1 aromatic heterocycles. The van der Waals surface area contributed by atoms with Crippen LogP contribution in [0.1, 0.15) is 10.4 Å². The lowest BCUT2D eigenvalue weighted by Gasteiger charge is -2.03. The molecule has 0 aliphatic carbocycles. The van der Waals surface area contributed by atoms with Crippen LogP contribution in [0.4, 0.5) is 0 Å². The number of halogens is 1. The Morgan fingerprint density at radius 1 is 1.40 bits per heavy atom. The molecule has 0 saturated carbocycles. The van der Waals surface area contributed by atoms with Crippen LogP contribution in [0.5, 0.6) is 0 Å². The maximum atomic E-state index is 10.7. The molecule has 0 aliphatic heterocycles. The zero-order chi connectivity index (χ0) is 10.7. The molecule has 0 bridgehead atoms. The molecule has 0 saturated heterocycles. The van der Waals surface area contributed by atoms with Crippen molar-refractivity contribution in [3.05, 3.63) is 42.1 Å². The van der Waals surface area contributed by atoms with Gasteiger partial charge in [0.05, 0.1) is 12.1 Å². The molecule has 0 N–H and O–H groups in total. The first-order valence-corrected chi connectivity index (χ1v) is 8.37. The zero-order valence-corrected chi connectivity index (χ0v) is 10.9. The number of hydrogen-bond acceptors (Lipinski definition) is 2. The Morgan fingerprint density at radius 2 is 2.27 bits per heavy atom. The quantitative estimate of drug-likeness (QED) is 0.492. The molecule has 1 unspecified atom stereocenters. The minimum atomic E-state index is 0.564. The Hall–Kier alpha value is -0.740. The molecule has 2 rings (SSSR count). The van der Waals surface area contributed by atoms with E-state index in [2.05, 4.69) is 27.1 Å². The molecule has 0 radical (unpaired) electrons. The normalized spacial score (nSPS) is 11.0. The van der Waals surface area contributed by atoms with Crippen molar-refractivity contribution in [3.8, 4) is 11.3 Å². The van der Waals surface area contributed by atoms with Crippen molar-refractivity contribution in [1.29, 1.82) is 0 Å². The van der Waals surface area contributed by atoms with Gasteiger partial charge in [-0.05, 0) is 34.2 Å². The Kier molecular flexibility index (Phi) is 3.49. The van der Waals surface area contributed by atoms with E-state index in [0.29, 0.717) is 11.9 Å². The second-order valence-corrected chi connectivity index (χ2v) is 5.00. The molecule has 0 amide bonds. The van der Waals surface area contributed by atoms with Crippen LogP contribution in [0.3, 0.4) is 0 Å². The summed E-state index contributed by atoms with van der Waals surface area (Å²) >= 11 is 2.28. The highest BCUT2D eigenvalue weighted by Gasteiger charge is 2.04. The van der Waals surface area contributed by atoms with Crippen molar-refractivity contribution in [2.75, 3.05) is 0 Å². The predicted octanol–water partition coefficient (Wildman–Crippen LogP) is 3.15. The predicted molar refractivity (Wildman–Crippen MR) is 70.8 cm³/mol. The van der Waals surface area contributed by atoms with Gasteiger partial charge in [0.25, 0.3) is 0 Å². The van der Waals surface area contributed by atoms with E-state index < -0.39 is 0 Å². The second-order valence-electron chi connectivity index (χ2n) is 2.96. The minimum Gasteiger partial charge on any atom is -0.298 e. The number of hydrogen-bond donors (Lipinski definition) is 0. The summed E-state index contributed by atoms with van der Waals surface area (Å²) in [7, 11) is 0. The van der Waals surface area contributed by atoms with Crippen molar-refractivity contribution in [2.24, 2.45) is 0 Å². The lowest BCUT2D eigenvalue weighted by Crippen LogP contribution is -1.89. The molecule has 1 atom stereocenters. The SMILES string of the molecule is O=Cc1cccc(-c2ccnn2PI)c1. The van der Waals surface area contributed by atoms with E-state index in [1.54, 1.807) is 12.3 Å². The van der Waals surface area contributed by atoms with Crippen molar-refractivity contribution in [3.63, 3.8) is 0 Å². The monoisotopic (exact) mass is 330 g/mol. The standard InChI is InChI=1S/C10H8IN2OP/c11-15-13-10(4-5-12-13)9-3-1-2-8(6-9)7-14/h1-7,15H. The average Bonchev–Trinajstić information content (AvgIpc) is 2.77. The van der Waals surface area contributed by atoms with Crippen molar-refractivity contribution in [2.45, 2.75) is 0 Å². The largest absolute Gasteiger partial charge is 0.298 e. The van der Waals surface area contributed by atoms with Gasteiger partial charge in [0.15, 0.2) is 0 Å². The van der Waals surface area contributed by atoms with Crippen LogP contribution in [-0.4, -0.2) is 15.8 Å². The fraction of sp³-hybridized carbons (Fsp3) is 0. The Bertz CT molecular complexity index is 484. The number of nitrogens with zero attached hydrogens (tertiary/aromatic N) is 2. The molecule has 5 heteroatoms. The van der Waals surface area contributed by atoms with E-state index >= 15 is 0 Å². The van der Waals surface area contributed by atoms with Crippen LogP contribution in [0, 0.1) is 0 Å². The van der Waals surface area contributed by atoms with Crippen LogP contribution in [-0.2, 0) is 0 Å². The first-order valence-electron chi connectivity index (χ1n) is 4.31. The molecule has 1 heterocycles. The van der Waals surface area contributed by atoms with Crippen molar-refractivity contribution < 1.29 is 4.79 Å². The van der Waals surface area contributed by atoms with E-state index in [0.717, 1.165) is 17.5 Å². The molecule has 0 spiro atoms. The summed E-state index contributed by atoms with van der Waals surface area (Å²) in [6.07, 6.45) is 3.19. The highest BCUT2D eigenvalue weighted by atomic mass is 127. The summed E-state index contributed by atoms with van der Waals surface area (Å²) in [5, 5.41) is 4.20. The zero-order valence-electron chi connectivity index (χ0n) is 7.72. The number of carbonyl (C=O) groups excluding carboxylic acids is 1. The van der Waals surface area contributed by atoms with Crippen LogP contribution >= 0.6 is 28.4 Å². The van der Waals surface area contributed by atoms with E-state index in [1.165, 1.54) is 0 Å². The van der Waals surface area contributed by atoms with Gasteiger partial charge >= 0.3 is 0 Å². The molecule has 1 aromatic carbocycles. The third-order valence-electron chi connectivity index (χ3n) is 2.04. The van der Waals surface area contributed by atoms with Gasteiger partial charge < -0.3 is 0 Å². The van der Waals surface area contributed by atoms with Gasteiger partial charge in [-0.15, -0.1) is 0 Å². The highest BCUT2D eigenvalue weighted by molar-refractivity contribution is 14.2. The number of aldehydes is 1. The fourth-order valence-electron chi connectivity index (χ4n) is 1.36.